The van der Waals surface area contributed by atoms with Crippen LogP contribution in [0.1, 0.15) is 0 Å². The maximum Gasteiger partial charge on any atom is 0.348 e. The maximum atomic E-state index is 10.6. The van der Waals surface area contributed by atoms with Gasteiger partial charge in [0.1, 0.15) is 0 Å². The van der Waals surface area contributed by atoms with Crippen molar-refractivity contribution in [1.29, 1.82) is 0 Å². The molecule has 11 nitrogen and oxygen atoms in total. The fourth-order valence-corrected chi connectivity index (χ4v) is 1.48. The Morgan fingerprint density at radius 2 is 1.18 bits per heavy atom. The monoisotopic (exact) mass is 371 g/mol. The summed E-state index contributed by atoms with van der Waals surface area (Å²) in [6.07, 6.45) is -2.09. The van der Waals surface area contributed by atoms with Crippen molar-refractivity contribution in [2.75, 3.05) is 32.7 Å². The molecule has 0 amide bonds. The summed E-state index contributed by atoms with van der Waals surface area (Å²) in [5.41, 5.74) is 0. The van der Waals surface area contributed by atoms with Crippen LogP contribution in [0.25, 0.3) is 0 Å². The van der Waals surface area contributed by atoms with Gasteiger partial charge in [-0.2, -0.15) is 0 Å². The molecule has 1 unspecified atom stereocenters. The molecule has 22 heavy (non-hydrogen) atoms. The van der Waals surface area contributed by atoms with Crippen LogP contribution >= 0.6 is 0 Å². The van der Waals surface area contributed by atoms with Crippen molar-refractivity contribution in [3.63, 3.8) is 0 Å². The number of aliphatic hydroxyl groups excluding tert-OH is 1. The van der Waals surface area contributed by atoms with Crippen molar-refractivity contribution in [3.05, 3.63) is 0 Å². The van der Waals surface area contributed by atoms with Crippen molar-refractivity contribution in [2.24, 2.45) is 0 Å². The van der Waals surface area contributed by atoms with E-state index >= 15 is 0 Å². The summed E-state index contributed by atoms with van der Waals surface area (Å²) in [6.45, 7) is -2.59. The first kappa shape index (κ1) is 22.6. The number of carbonyl (C=O) groups is 4. The molecule has 0 fully saturated rings. The minimum absolute atomic E-state index is 0. The Morgan fingerprint density at radius 3 is 1.50 bits per heavy atom. The molecule has 0 bridgehead atoms. The van der Waals surface area contributed by atoms with Crippen LogP contribution < -0.4 is 0 Å². The van der Waals surface area contributed by atoms with E-state index in [2.05, 4.69) is 0 Å². The standard InChI is InChI=1S/C10H16N2O9.Cu/c13-6(14)3-11(4-7(15)16)1-2-12(5-8(17)18)9(19)10(20)21;/h9,19H,1-5H2,(H,13,14)(H,15,16)(H,17,18)(H,20,21);. The van der Waals surface area contributed by atoms with Crippen LogP contribution in [-0.2, 0) is 36.2 Å². The van der Waals surface area contributed by atoms with E-state index in [1.165, 1.54) is 0 Å². The van der Waals surface area contributed by atoms with Gasteiger partial charge in [0.15, 0.2) is 0 Å². The molecule has 0 aromatic carbocycles. The third-order valence-corrected chi connectivity index (χ3v) is 2.33. The summed E-state index contributed by atoms with van der Waals surface area (Å²) in [5, 5.41) is 43.8. The first-order valence-electron chi connectivity index (χ1n) is 5.66. The summed E-state index contributed by atoms with van der Waals surface area (Å²) < 4.78 is 0. The number of carboxylic acid groups (broad SMARTS) is 4. The molecular formula is C10H16CuN2O9. The van der Waals surface area contributed by atoms with Gasteiger partial charge >= 0.3 is 23.9 Å². The van der Waals surface area contributed by atoms with Crippen LogP contribution in [0.15, 0.2) is 0 Å². The maximum absolute atomic E-state index is 10.6. The van der Waals surface area contributed by atoms with Crippen LogP contribution in [0.4, 0.5) is 0 Å². The summed E-state index contributed by atoms with van der Waals surface area (Å²) >= 11 is 0. The summed E-state index contributed by atoms with van der Waals surface area (Å²) in [7, 11) is 0. The molecule has 12 heteroatoms. The fraction of sp³-hybridized carbons (Fsp3) is 0.600. The van der Waals surface area contributed by atoms with E-state index in [-0.39, 0.29) is 30.2 Å². The largest absolute Gasteiger partial charge is 0.480 e. The number of aliphatic carboxylic acids is 4. The second-order valence-corrected chi connectivity index (χ2v) is 4.07. The molecule has 5 N–H and O–H groups in total. The van der Waals surface area contributed by atoms with E-state index < -0.39 is 49.7 Å². The van der Waals surface area contributed by atoms with Gasteiger partial charge < -0.3 is 25.5 Å². The zero-order valence-corrected chi connectivity index (χ0v) is 12.1. The van der Waals surface area contributed by atoms with Crippen molar-refractivity contribution < 1.29 is 61.8 Å². The Balaban J connectivity index is 0. The topological polar surface area (TPSA) is 176 Å². The van der Waals surface area contributed by atoms with Crippen LogP contribution in [0.5, 0.6) is 0 Å². The molecule has 0 aliphatic carbocycles. The first-order chi connectivity index (χ1) is 9.63. The van der Waals surface area contributed by atoms with Crippen LogP contribution in [0.2, 0.25) is 0 Å². The molecule has 0 rings (SSSR count). The van der Waals surface area contributed by atoms with Crippen molar-refractivity contribution in [1.82, 2.24) is 9.80 Å². The molecular weight excluding hydrogens is 356 g/mol. The van der Waals surface area contributed by atoms with E-state index in [1.54, 1.807) is 0 Å². The van der Waals surface area contributed by atoms with E-state index in [4.69, 9.17) is 20.4 Å². The normalized spacial score (nSPS) is 11.8. The predicted octanol–water partition coefficient (Wildman–Crippen LogP) is -2.76. The van der Waals surface area contributed by atoms with Gasteiger partial charge in [0.05, 0.1) is 19.6 Å². The van der Waals surface area contributed by atoms with Crippen LogP contribution in [-0.4, -0.2) is 98.2 Å². The quantitative estimate of drug-likeness (QED) is 0.188. The molecule has 1 atom stereocenters. The number of hydrogen-bond donors (Lipinski definition) is 5. The van der Waals surface area contributed by atoms with Gasteiger partial charge in [-0.15, -0.1) is 0 Å². The van der Waals surface area contributed by atoms with Gasteiger partial charge in [0.2, 0.25) is 6.23 Å². The van der Waals surface area contributed by atoms with E-state index in [1.807, 2.05) is 0 Å². The molecule has 0 spiro atoms. The third-order valence-electron chi connectivity index (χ3n) is 2.33. The van der Waals surface area contributed by atoms with Crippen molar-refractivity contribution >= 4 is 23.9 Å². The molecule has 0 saturated heterocycles. The van der Waals surface area contributed by atoms with Gasteiger partial charge in [-0.3, -0.25) is 24.2 Å². The molecule has 0 aromatic rings. The van der Waals surface area contributed by atoms with Crippen molar-refractivity contribution in [2.45, 2.75) is 6.23 Å². The number of hydrogen-bond acceptors (Lipinski definition) is 7. The second-order valence-electron chi connectivity index (χ2n) is 4.07. The summed E-state index contributed by atoms with van der Waals surface area (Å²) in [5.74, 6) is -5.64. The summed E-state index contributed by atoms with van der Waals surface area (Å²) in [4.78, 5) is 44.0. The number of carboxylic acids is 4. The van der Waals surface area contributed by atoms with Gasteiger partial charge in [0, 0.05) is 30.2 Å². The van der Waals surface area contributed by atoms with Crippen LogP contribution in [0.3, 0.4) is 0 Å². The third kappa shape index (κ3) is 10.1. The van der Waals surface area contributed by atoms with E-state index in [0.29, 0.717) is 4.90 Å². The molecule has 0 aliphatic heterocycles. The smallest absolute Gasteiger partial charge is 0.348 e. The molecule has 0 aliphatic rings. The van der Waals surface area contributed by atoms with E-state index in [9.17, 15) is 24.3 Å². The van der Waals surface area contributed by atoms with Gasteiger partial charge in [-0.05, 0) is 0 Å². The second kappa shape index (κ2) is 10.9. The Hall–Kier alpha value is -1.72. The van der Waals surface area contributed by atoms with Crippen molar-refractivity contribution in [3.8, 4) is 0 Å². The first-order valence-corrected chi connectivity index (χ1v) is 5.66. The zero-order valence-electron chi connectivity index (χ0n) is 11.2. The Morgan fingerprint density at radius 1 is 0.773 bits per heavy atom. The number of aliphatic hydroxyl groups is 1. The molecule has 0 heterocycles. The van der Waals surface area contributed by atoms with Crippen LogP contribution in [0, 0.1) is 0 Å². The predicted molar refractivity (Wildman–Crippen MR) is 64.6 cm³/mol. The SMILES string of the molecule is O=C(O)CN(CCN(CC(=O)O)C(O)C(=O)O)CC(=O)O.[Cu]. The number of nitrogens with zero attached hydrogens (tertiary/aromatic N) is 2. The van der Waals surface area contributed by atoms with Gasteiger partial charge in [-0.25, -0.2) is 4.79 Å². The summed E-state index contributed by atoms with van der Waals surface area (Å²) in [6, 6.07) is 0. The molecule has 1 radical (unpaired) electrons. The zero-order chi connectivity index (χ0) is 16.6. The van der Waals surface area contributed by atoms with E-state index in [0.717, 1.165) is 4.90 Å². The Labute approximate surface area is 135 Å². The Kier molecular flexibility index (Phi) is 11.2. The molecule has 131 valence electrons. The average Bonchev–Trinajstić information content (AvgIpc) is 2.31. The minimum Gasteiger partial charge on any atom is -0.480 e. The van der Waals surface area contributed by atoms with Gasteiger partial charge in [0.25, 0.3) is 0 Å². The minimum atomic E-state index is -2.09. The molecule has 0 saturated carbocycles. The fourth-order valence-electron chi connectivity index (χ4n) is 1.48. The Bertz CT molecular complexity index is 401. The van der Waals surface area contributed by atoms with Gasteiger partial charge in [-0.1, -0.05) is 0 Å². The number of rotatable bonds is 11. The average molecular weight is 372 g/mol. The molecule has 0 aromatic heterocycles.